The lowest BCUT2D eigenvalue weighted by Crippen LogP contribution is -2.49. The highest BCUT2D eigenvalue weighted by atomic mass is 35.5. The van der Waals surface area contributed by atoms with Crippen molar-refractivity contribution in [2.45, 2.75) is 38.3 Å². The number of carbonyl (C=O) groups excluding carboxylic acids is 2. The molecule has 2 unspecified atom stereocenters. The first-order valence-electron chi connectivity index (χ1n) is 9.78. The second kappa shape index (κ2) is 12.4. The molecule has 1 heterocycles. The van der Waals surface area contributed by atoms with Gasteiger partial charge in [-0.05, 0) is 49.9 Å². The molecule has 164 valence electrons. The summed E-state index contributed by atoms with van der Waals surface area (Å²) in [7, 11) is 0. The van der Waals surface area contributed by atoms with Gasteiger partial charge in [0.05, 0.1) is 6.04 Å². The Balaban J connectivity index is 0.00000225. The zero-order valence-electron chi connectivity index (χ0n) is 17.0. The number of amides is 2. The quantitative estimate of drug-likeness (QED) is 0.601. The number of rotatable bonds is 7. The molecule has 0 aliphatic carbocycles. The summed E-state index contributed by atoms with van der Waals surface area (Å²) in [4.78, 5) is 27.1. The number of benzene rings is 2. The van der Waals surface area contributed by atoms with E-state index in [0.717, 1.165) is 30.0 Å². The Bertz CT molecular complexity index is 814. The molecule has 2 aromatic rings. The lowest BCUT2D eigenvalue weighted by Gasteiger charge is -2.20. The fourth-order valence-corrected chi connectivity index (χ4v) is 3.35. The van der Waals surface area contributed by atoms with Crippen molar-refractivity contribution in [3.63, 3.8) is 0 Å². The van der Waals surface area contributed by atoms with Crippen molar-refractivity contribution >= 4 is 48.0 Å². The van der Waals surface area contributed by atoms with Gasteiger partial charge in [-0.2, -0.15) is 0 Å². The van der Waals surface area contributed by atoms with E-state index in [9.17, 15) is 9.59 Å². The molecular weight excluding hydrogens is 423 g/mol. The highest BCUT2D eigenvalue weighted by Crippen LogP contribution is 2.23. The van der Waals surface area contributed by atoms with Crippen LogP contribution in [0, 0.1) is 0 Å². The molecule has 0 saturated carbocycles. The molecule has 0 radical (unpaired) electrons. The Labute approximate surface area is 190 Å². The van der Waals surface area contributed by atoms with Gasteiger partial charge in [-0.25, -0.2) is 0 Å². The van der Waals surface area contributed by atoms with Gasteiger partial charge in [-0.1, -0.05) is 36.4 Å². The van der Waals surface area contributed by atoms with Gasteiger partial charge >= 0.3 is 0 Å². The number of hydrogen-bond acceptors (Lipinski definition) is 4. The molecule has 30 heavy (non-hydrogen) atoms. The molecule has 0 aromatic heterocycles. The van der Waals surface area contributed by atoms with Gasteiger partial charge in [0.15, 0.2) is 0 Å². The average molecular weight is 453 g/mol. The smallest absolute Gasteiger partial charge is 0.246 e. The number of anilines is 2. The van der Waals surface area contributed by atoms with Gasteiger partial charge in [-0.3, -0.25) is 9.59 Å². The van der Waals surface area contributed by atoms with Crippen molar-refractivity contribution in [3.8, 4) is 0 Å². The highest BCUT2D eigenvalue weighted by Gasteiger charge is 2.21. The second-order valence-corrected chi connectivity index (χ2v) is 7.26. The zero-order chi connectivity index (χ0) is 19.9. The van der Waals surface area contributed by atoms with Crippen molar-refractivity contribution in [1.29, 1.82) is 0 Å². The molecule has 1 aliphatic heterocycles. The molecule has 0 bridgehead atoms. The maximum atomic E-state index is 12.5. The molecule has 3 rings (SSSR count). The van der Waals surface area contributed by atoms with E-state index in [1.54, 1.807) is 6.92 Å². The lowest BCUT2D eigenvalue weighted by molar-refractivity contribution is -0.127. The largest absolute Gasteiger partial charge is 0.371 e. The maximum Gasteiger partial charge on any atom is 0.246 e. The van der Waals surface area contributed by atoms with Crippen molar-refractivity contribution < 1.29 is 9.59 Å². The van der Waals surface area contributed by atoms with Crippen LogP contribution < -0.4 is 21.3 Å². The van der Waals surface area contributed by atoms with E-state index in [2.05, 4.69) is 21.6 Å². The minimum atomic E-state index is -0.698. The first kappa shape index (κ1) is 25.8. The van der Waals surface area contributed by atoms with Crippen LogP contribution in [0.1, 0.15) is 25.3 Å². The van der Waals surface area contributed by atoms with Crippen LogP contribution >= 0.6 is 24.8 Å². The topological polar surface area (TPSA) is 87.5 Å². The summed E-state index contributed by atoms with van der Waals surface area (Å²) in [5, 5.41) is 5.58. The van der Waals surface area contributed by atoms with E-state index in [0.29, 0.717) is 6.42 Å². The molecule has 0 spiro atoms. The third-order valence-corrected chi connectivity index (χ3v) is 4.97. The summed E-state index contributed by atoms with van der Waals surface area (Å²) in [6.45, 7) is 3.75. The van der Waals surface area contributed by atoms with Crippen LogP contribution in [0.4, 0.5) is 11.4 Å². The number of halogens is 2. The SMILES string of the molecule is CC(NC(=O)C(N)Cc1ccccc1)C(=O)Nc1cccc(N2CCCC2)c1.Cl.Cl. The third kappa shape index (κ3) is 7.20. The molecule has 6 nitrogen and oxygen atoms in total. The Morgan fingerprint density at radius 1 is 1.00 bits per heavy atom. The summed E-state index contributed by atoms with van der Waals surface area (Å²) < 4.78 is 0. The summed E-state index contributed by atoms with van der Waals surface area (Å²) in [5.41, 5.74) is 8.81. The maximum absolute atomic E-state index is 12.5. The fourth-order valence-electron chi connectivity index (χ4n) is 3.35. The van der Waals surface area contributed by atoms with Crippen LogP contribution in [-0.2, 0) is 16.0 Å². The summed E-state index contributed by atoms with van der Waals surface area (Å²) in [6.07, 6.45) is 2.82. The van der Waals surface area contributed by atoms with E-state index < -0.39 is 12.1 Å². The molecule has 2 amide bonds. The van der Waals surface area contributed by atoms with E-state index in [1.165, 1.54) is 12.8 Å². The minimum absolute atomic E-state index is 0. The van der Waals surface area contributed by atoms with Gasteiger partial charge < -0.3 is 21.3 Å². The van der Waals surface area contributed by atoms with E-state index >= 15 is 0 Å². The van der Waals surface area contributed by atoms with Crippen LogP contribution in [0.25, 0.3) is 0 Å². The standard InChI is InChI=1S/C22H28N4O2.2ClH/c1-16(24-22(28)20(23)14-17-8-3-2-4-9-17)21(27)25-18-10-7-11-19(15-18)26-12-5-6-13-26;;/h2-4,7-11,15-16,20H,5-6,12-14,23H2,1H3,(H,24,28)(H,25,27);2*1H. The Morgan fingerprint density at radius 3 is 2.33 bits per heavy atom. The van der Waals surface area contributed by atoms with E-state index in [4.69, 9.17) is 5.73 Å². The van der Waals surface area contributed by atoms with Gasteiger partial charge in [0, 0.05) is 24.5 Å². The van der Waals surface area contributed by atoms with E-state index in [1.807, 2.05) is 48.5 Å². The first-order valence-corrected chi connectivity index (χ1v) is 9.78. The molecule has 1 aliphatic rings. The van der Waals surface area contributed by atoms with Crippen LogP contribution in [0.3, 0.4) is 0 Å². The number of carbonyl (C=O) groups is 2. The molecule has 1 saturated heterocycles. The van der Waals surface area contributed by atoms with Crippen molar-refractivity contribution in [2.75, 3.05) is 23.3 Å². The number of hydrogen-bond donors (Lipinski definition) is 3. The molecule has 8 heteroatoms. The van der Waals surface area contributed by atoms with Crippen LogP contribution in [0.5, 0.6) is 0 Å². The van der Waals surface area contributed by atoms with Crippen LogP contribution in [0.2, 0.25) is 0 Å². The second-order valence-electron chi connectivity index (χ2n) is 7.26. The molecule has 4 N–H and O–H groups in total. The molecule has 2 aromatic carbocycles. The highest BCUT2D eigenvalue weighted by molar-refractivity contribution is 5.97. The lowest BCUT2D eigenvalue weighted by atomic mass is 10.1. The Morgan fingerprint density at radius 2 is 1.67 bits per heavy atom. The van der Waals surface area contributed by atoms with E-state index in [-0.39, 0.29) is 36.6 Å². The summed E-state index contributed by atoms with van der Waals surface area (Å²) in [6, 6.07) is 16.0. The number of nitrogens with two attached hydrogens (primary N) is 1. The van der Waals surface area contributed by atoms with Gasteiger partial charge in [0.2, 0.25) is 11.8 Å². The summed E-state index contributed by atoms with van der Waals surface area (Å²) in [5.74, 6) is -0.601. The van der Waals surface area contributed by atoms with Crippen molar-refractivity contribution in [3.05, 3.63) is 60.2 Å². The predicted octanol–water partition coefficient (Wildman–Crippen LogP) is 3.14. The third-order valence-electron chi connectivity index (χ3n) is 4.97. The first-order chi connectivity index (χ1) is 13.5. The van der Waals surface area contributed by atoms with Crippen molar-refractivity contribution in [2.24, 2.45) is 5.73 Å². The zero-order valence-corrected chi connectivity index (χ0v) is 18.7. The Hall–Kier alpha value is -2.28. The monoisotopic (exact) mass is 452 g/mol. The molecule has 1 fully saturated rings. The van der Waals surface area contributed by atoms with Crippen LogP contribution in [-0.4, -0.2) is 37.0 Å². The average Bonchev–Trinajstić information content (AvgIpc) is 3.23. The predicted molar refractivity (Wildman–Crippen MR) is 127 cm³/mol. The molecule has 2 atom stereocenters. The number of nitrogens with zero attached hydrogens (tertiary/aromatic N) is 1. The van der Waals surface area contributed by atoms with Gasteiger partial charge in [-0.15, -0.1) is 24.8 Å². The van der Waals surface area contributed by atoms with Crippen molar-refractivity contribution in [1.82, 2.24) is 5.32 Å². The summed E-state index contributed by atoms with van der Waals surface area (Å²) >= 11 is 0. The minimum Gasteiger partial charge on any atom is -0.371 e. The molecular formula is C22H30Cl2N4O2. The van der Waals surface area contributed by atoms with Gasteiger partial charge in [0.25, 0.3) is 0 Å². The fraction of sp³-hybridized carbons (Fsp3) is 0.364. The number of nitrogens with one attached hydrogen (secondary N) is 2. The van der Waals surface area contributed by atoms with Crippen LogP contribution in [0.15, 0.2) is 54.6 Å². The Kier molecular flexibility index (Phi) is 10.7. The normalized spacial score (nSPS) is 14.7. The van der Waals surface area contributed by atoms with Gasteiger partial charge in [0.1, 0.15) is 6.04 Å².